The van der Waals surface area contributed by atoms with Crippen LogP contribution < -0.4 is 0 Å². The van der Waals surface area contributed by atoms with Gasteiger partial charge in [-0.2, -0.15) is 0 Å². The van der Waals surface area contributed by atoms with E-state index < -0.39 is 26.5 Å². The molecule has 0 heterocycles. The Morgan fingerprint density at radius 2 is 0.962 bits per heavy atom. The second kappa shape index (κ2) is 36.4. The summed E-state index contributed by atoms with van der Waals surface area (Å²) in [4.78, 5) is 35.3. The van der Waals surface area contributed by atoms with Crippen molar-refractivity contribution in [2.45, 2.75) is 206 Å². The van der Waals surface area contributed by atoms with Crippen LogP contribution in [0.5, 0.6) is 0 Å². The number of allylic oxidation sites excluding steroid dienone is 2. The molecule has 0 spiro atoms. The number of phosphoric ester groups is 1. The summed E-state index contributed by atoms with van der Waals surface area (Å²) in [5.41, 5.74) is 0. The highest BCUT2D eigenvalue weighted by atomic mass is 31.2. The third-order valence-electron chi connectivity index (χ3n) is 9.55. The Morgan fingerprint density at radius 1 is 0.566 bits per heavy atom. The summed E-state index contributed by atoms with van der Waals surface area (Å²) in [7, 11) is 1.48. The Bertz CT molecular complexity index is 922. The maximum atomic E-state index is 12.7. The van der Waals surface area contributed by atoms with Gasteiger partial charge in [0.1, 0.15) is 19.8 Å². The lowest BCUT2D eigenvalue weighted by Gasteiger charge is -2.24. The van der Waals surface area contributed by atoms with Gasteiger partial charge in [0.05, 0.1) is 27.7 Å². The number of likely N-dealkylation sites (N-methyl/N-ethyl adjacent to an activating group) is 1. The summed E-state index contributed by atoms with van der Waals surface area (Å²) in [6, 6.07) is 0. The lowest BCUT2D eigenvalue weighted by atomic mass is 10.0. The first-order valence-corrected chi connectivity index (χ1v) is 23.4. The van der Waals surface area contributed by atoms with Crippen LogP contribution in [0.4, 0.5) is 0 Å². The van der Waals surface area contributed by atoms with Crippen molar-refractivity contribution in [2.24, 2.45) is 0 Å². The highest BCUT2D eigenvalue weighted by molar-refractivity contribution is 7.47. The van der Waals surface area contributed by atoms with E-state index in [9.17, 15) is 19.0 Å². The largest absolute Gasteiger partial charge is 0.472 e. The number of rotatable bonds is 40. The van der Waals surface area contributed by atoms with Crippen LogP contribution in [0.25, 0.3) is 0 Å². The zero-order valence-corrected chi connectivity index (χ0v) is 36.2. The van der Waals surface area contributed by atoms with Gasteiger partial charge in [-0.15, -0.1) is 0 Å². The molecule has 10 heteroatoms. The first-order chi connectivity index (χ1) is 25.5. The van der Waals surface area contributed by atoms with Gasteiger partial charge in [0.15, 0.2) is 6.10 Å². The van der Waals surface area contributed by atoms with Crippen molar-refractivity contribution in [3.63, 3.8) is 0 Å². The predicted octanol–water partition coefficient (Wildman–Crippen LogP) is 12.2. The summed E-state index contributed by atoms with van der Waals surface area (Å²) in [6.07, 6.45) is 36.8. The van der Waals surface area contributed by atoms with Gasteiger partial charge >= 0.3 is 19.8 Å². The van der Waals surface area contributed by atoms with Crippen molar-refractivity contribution in [3.05, 3.63) is 12.2 Å². The quantitative estimate of drug-likeness (QED) is 0.0215. The Hall–Kier alpha value is -1.25. The number of carbonyl (C=O) groups is 2. The van der Waals surface area contributed by atoms with Gasteiger partial charge in [-0.1, -0.05) is 161 Å². The van der Waals surface area contributed by atoms with Gasteiger partial charge in [0.2, 0.25) is 0 Å². The molecule has 1 unspecified atom stereocenters. The molecule has 0 fully saturated rings. The molecule has 0 aromatic heterocycles. The molecule has 53 heavy (non-hydrogen) atoms. The van der Waals surface area contributed by atoms with E-state index in [2.05, 4.69) is 26.0 Å². The molecule has 0 aromatic carbocycles. The number of hydrogen-bond donors (Lipinski definition) is 1. The minimum absolute atomic E-state index is 0.0335. The zero-order chi connectivity index (χ0) is 39.3. The van der Waals surface area contributed by atoms with E-state index in [-0.39, 0.29) is 32.0 Å². The van der Waals surface area contributed by atoms with Gasteiger partial charge in [-0.05, 0) is 38.5 Å². The van der Waals surface area contributed by atoms with Crippen LogP contribution in [0.15, 0.2) is 12.2 Å². The average Bonchev–Trinajstić information content (AvgIpc) is 3.10. The number of quaternary nitrogens is 1. The SMILES string of the molecule is CCCCCCC/C=C\CCCCCCCC(=O)OC[C@H](COP(=O)(O)OCC[N+](C)(C)C)OC(=O)CCCCCCCCCCCCCCCCC. The highest BCUT2D eigenvalue weighted by Gasteiger charge is 2.27. The highest BCUT2D eigenvalue weighted by Crippen LogP contribution is 2.43. The number of phosphoric acid groups is 1. The molecule has 2 atom stereocenters. The van der Waals surface area contributed by atoms with E-state index in [0.29, 0.717) is 17.4 Å². The number of nitrogens with zero attached hydrogens (tertiary/aromatic N) is 1. The number of ether oxygens (including phenoxy) is 2. The van der Waals surface area contributed by atoms with Crippen LogP contribution in [-0.4, -0.2) is 74.9 Å². The van der Waals surface area contributed by atoms with Gasteiger partial charge < -0.3 is 18.9 Å². The second-order valence-corrected chi connectivity index (χ2v) is 17.5. The van der Waals surface area contributed by atoms with Gasteiger partial charge in [-0.3, -0.25) is 18.6 Å². The van der Waals surface area contributed by atoms with Crippen molar-refractivity contribution in [2.75, 3.05) is 47.5 Å². The second-order valence-electron chi connectivity index (χ2n) is 16.1. The third kappa shape index (κ3) is 40.2. The first-order valence-electron chi connectivity index (χ1n) is 21.9. The minimum Gasteiger partial charge on any atom is -0.462 e. The zero-order valence-electron chi connectivity index (χ0n) is 35.3. The number of hydrogen-bond acceptors (Lipinski definition) is 7. The van der Waals surface area contributed by atoms with Crippen molar-refractivity contribution < 1.29 is 42.1 Å². The van der Waals surface area contributed by atoms with Crippen molar-refractivity contribution >= 4 is 19.8 Å². The first kappa shape index (κ1) is 51.8. The normalized spacial score (nSPS) is 13.7. The molecular weight excluding hydrogens is 689 g/mol. The molecule has 314 valence electrons. The molecule has 0 radical (unpaired) electrons. The predicted molar refractivity (Wildman–Crippen MR) is 220 cm³/mol. The van der Waals surface area contributed by atoms with Crippen LogP contribution >= 0.6 is 7.82 Å². The molecule has 0 aliphatic heterocycles. The molecule has 0 bridgehead atoms. The Balaban J connectivity index is 4.35. The fourth-order valence-corrected chi connectivity index (χ4v) is 6.81. The maximum Gasteiger partial charge on any atom is 0.472 e. The molecule has 0 aromatic rings. The lowest BCUT2D eigenvalue weighted by molar-refractivity contribution is -0.870. The number of carbonyl (C=O) groups excluding carboxylic acids is 2. The Labute approximate surface area is 326 Å². The monoisotopic (exact) mass is 775 g/mol. The van der Waals surface area contributed by atoms with Crippen LogP contribution in [0.1, 0.15) is 200 Å². The van der Waals surface area contributed by atoms with E-state index >= 15 is 0 Å². The topological polar surface area (TPSA) is 108 Å². The molecule has 1 N–H and O–H groups in total. The summed E-state index contributed by atoms with van der Waals surface area (Å²) in [6.45, 7) is 4.42. The fraction of sp³-hybridized carbons (Fsp3) is 0.907. The summed E-state index contributed by atoms with van der Waals surface area (Å²) >= 11 is 0. The smallest absolute Gasteiger partial charge is 0.462 e. The van der Waals surface area contributed by atoms with Gasteiger partial charge in [-0.25, -0.2) is 4.57 Å². The van der Waals surface area contributed by atoms with Crippen molar-refractivity contribution in [3.8, 4) is 0 Å². The fourth-order valence-electron chi connectivity index (χ4n) is 6.07. The molecular formula is C43H85NO8P+. The van der Waals surface area contributed by atoms with Crippen LogP contribution in [0, 0.1) is 0 Å². The van der Waals surface area contributed by atoms with E-state index in [1.807, 2.05) is 21.1 Å². The van der Waals surface area contributed by atoms with E-state index in [1.54, 1.807) is 0 Å². The molecule has 0 aliphatic rings. The summed E-state index contributed by atoms with van der Waals surface area (Å²) in [5, 5.41) is 0. The standard InChI is InChI=1S/C43H84NO8P/c1-6-8-10-12-14-16-18-20-22-24-26-28-30-32-34-36-43(46)52-41(40-51-53(47,48)50-38-37-44(3,4)5)39-49-42(45)35-33-31-29-27-25-23-21-19-17-15-13-11-9-7-2/h19,21,41H,6-18,20,22-40H2,1-5H3/p+1/b21-19-/t41-/m1/s1. The van der Waals surface area contributed by atoms with Crippen LogP contribution in [0.2, 0.25) is 0 Å². The van der Waals surface area contributed by atoms with Gasteiger partial charge in [0.25, 0.3) is 0 Å². The summed E-state index contributed by atoms with van der Waals surface area (Å²) in [5.74, 6) is -0.799. The number of esters is 2. The van der Waals surface area contributed by atoms with E-state index in [0.717, 1.165) is 51.4 Å². The molecule has 0 saturated heterocycles. The Morgan fingerprint density at radius 3 is 1.40 bits per heavy atom. The molecule has 0 aliphatic carbocycles. The van der Waals surface area contributed by atoms with Crippen LogP contribution in [0.3, 0.4) is 0 Å². The van der Waals surface area contributed by atoms with E-state index in [4.69, 9.17) is 18.5 Å². The lowest BCUT2D eigenvalue weighted by Crippen LogP contribution is -2.37. The summed E-state index contributed by atoms with van der Waals surface area (Å²) < 4.78 is 34.3. The molecule has 0 rings (SSSR count). The van der Waals surface area contributed by atoms with E-state index in [1.165, 1.54) is 116 Å². The molecule has 0 saturated carbocycles. The maximum absolute atomic E-state index is 12.7. The van der Waals surface area contributed by atoms with Gasteiger partial charge in [0, 0.05) is 12.8 Å². The Kier molecular flexibility index (Phi) is 35.5. The van der Waals surface area contributed by atoms with Crippen LogP contribution in [-0.2, 0) is 32.7 Å². The third-order valence-corrected chi connectivity index (χ3v) is 10.5. The molecule has 0 amide bonds. The van der Waals surface area contributed by atoms with Crippen molar-refractivity contribution in [1.29, 1.82) is 0 Å². The average molecular weight is 775 g/mol. The minimum atomic E-state index is -4.37. The van der Waals surface area contributed by atoms with Crippen molar-refractivity contribution in [1.82, 2.24) is 0 Å². The molecule has 9 nitrogen and oxygen atoms in total. The number of unbranched alkanes of at least 4 members (excludes halogenated alkanes) is 24.